The maximum absolute atomic E-state index is 15.7. The van der Waals surface area contributed by atoms with Gasteiger partial charge in [-0.3, -0.25) is 9.67 Å². The van der Waals surface area contributed by atoms with Gasteiger partial charge in [0.25, 0.3) is 0 Å². The summed E-state index contributed by atoms with van der Waals surface area (Å²) in [5.41, 5.74) is 4.73. The number of nitrogens with zero attached hydrogens (tertiary/aromatic N) is 5. The first-order valence-electron chi connectivity index (χ1n) is 11.2. The van der Waals surface area contributed by atoms with Crippen molar-refractivity contribution in [3.8, 4) is 22.3 Å². The van der Waals surface area contributed by atoms with E-state index in [0.717, 1.165) is 64.0 Å². The molecular formula is C24H27F2N5O. The second-order valence-corrected chi connectivity index (χ2v) is 8.85. The summed E-state index contributed by atoms with van der Waals surface area (Å²) in [5, 5.41) is 8.32. The zero-order valence-corrected chi connectivity index (χ0v) is 18.4. The first-order chi connectivity index (χ1) is 15.5. The van der Waals surface area contributed by atoms with E-state index in [2.05, 4.69) is 10.3 Å². The summed E-state index contributed by atoms with van der Waals surface area (Å²) in [6.45, 7) is 3.79. The normalized spacial score (nSPS) is 16.1. The molecule has 1 saturated carbocycles. The van der Waals surface area contributed by atoms with Crippen molar-refractivity contribution in [1.82, 2.24) is 24.5 Å². The summed E-state index contributed by atoms with van der Waals surface area (Å²) in [7, 11) is 0. The number of hydrogen-bond donors (Lipinski definition) is 0. The van der Waals surface area contributed by atoms with Gasteiger partial charge in [0, 0.05) is 40.8 Å². The van der Waals surface area contributed by atoms with E-state index in [-0.39, 0.29) is 13.1 Å². The van der Waals surface area contributed by atoms with Crippen molar-refractivity contribution in [2.24, 2.45) is 0 Å². The number of pyridine rings is 1. The lowest BCUT2D eigenvalue weighted by atomic mass is 9.86. The molecule has 6 nitrogen and oxygen atoms in total. The van der Waals surface area contributed by atoms with Crippen LogP contribution in [0.4, 0.5) is 8.78 Å². The zero-order chi connectivity index (χ0) is 22.3. The molecule has 0 aliphatic heterocycles. The second-order valence-electron chi connectivity index (χ2n) is 8.85. The average molecular weight is 440 g/mol. The molecule has 168 valence electrons. The number of aryl methyl sites for hydroxylation is 3. The van der Waals surface area contributed by atoms with E-state index in [1.165, 1.54) is 0 Å². The van der Waals surface area contributed by atoms with Gasteiger partial charge in [0.15, 0.2) is 0 Å². The molecule has 0 amide bonds. The molecule has 32 heavy (non-hydrogen) atoms. The molecule has 1 aliphatic rings. The van der Waals surface area contributed by atoms with Gasteiger partial charge in [-0.05, 0) is 32.8 Å². The van der Waals surface area contributed by atoms with Crippen LogP contribution in [0, 0.1) is 13.8 Å². The number of halogens is 2. The van der Waals surface area contributed by atoms with Gasteiger partial charge in [-0.25, -0.2) is 8.78 Å². The Balaban J connectivity index is 1.64. The summed E-state index contributed by atoms with van der Waals surface area (Å²) < 4.78 is 37.3. The van der Waals surface area contributed by atoms with Crippen molar-refractivity contribution in [3.63, 3.8) is 0 Å². The summed E-state index contributed by atoms with van der Waals surface area (Å²) in [6.07, 6.45) is 11.4. The van der Waals surface area contributed by atoms with Crippen LogP contribution in [0.25, 0.3) is 33.3 Å². The van der Waals surface area contributed by atoms with Crippen LogP contribution >= 0.6 is 0 Å². The molecule has 0 N–H and O–H groups in total. The molecule has 4 heterocycles. The highest BCUT2D eigenvalue weighted by molar-refractivity contribution is 5.94. The van der Waals surface area contributed by atoms with E-state index in [1.54, 1.807) is 17.1 Å². The Morgan fingerprint density at radius 2 is 1.91 bits per heavy atom. The van der Waals surface area contributed by atoms with Gasteiger partial charge >= 0.3 is 0 Å². The van der Waals surface area contributed by atoms with Crippen molar-refractivity contribution in [1.29, 1.82) is 0 Å². The summed E-state index contributed by atoms with van der Waals surface area (Å²) >= 11 is 0. The predicted molar refractivity (Wildman–Crippen MR) is 119 cm³/mol. The number of alkyl halides is 2. The Kier molecular flexibility index (Phi) is 5.31. The fourth-order valence-electron chi connectivity index (χ4n) is 4.90. The van der Waals surface area contributed by atoms with Crippen LogP contribution < -0.4 is 0 Å². The predicted octanol–water partition coefficient (Wildman–Crippen LogP) is 5.81. The minimum absolute atomic E-state index is 0.204. The van der Waals surface area contributed by atoms with Crippen molar-refractivity contribution in [2.45, 2.75) is 64.7 Å². The van der Waals surface area contributed by atoms with E-state index in [9.17, 15) is 4.39 Å². The minimum Gasteiger partial charge on any atom is -0.361 e. The molecule has 8 heteroatoms. The molecule has 0 bridgehead atoms. The monoisotopic (exact) mass is 439 g/mol. The second kappa shape index (κ2) is 8.15. The van der Waals surface area contributed by atoms with Crippen LogP contribution in [0.2, 0.25) is 0 Å². The molecule has 4 aromatic heterocycles. The Morgan fingerprint density at radius 3 is 2.62 bits per heavy atom. The average Bonchev–Trinajstić information content (AvgIpc) is 3.46. The van der Waals surface area contributed by atoms with Gasteiger partial charge in [0.05, 0.1) is 36.0 Å². The van der Waals surface area contributed by atoms with Crippen molar-refractivity contribution < 1.29 is 13.3 Å². The maximum Gasteiger partial charge on any atom is 0.141 e. The SMILES string of the molecule is Cc1noc(C)c1-c1cnc2c(-c3cnn(CCF)c3)cn(CC3(F)CCCCC3)c2c1. The molecule has 1 aliphatic carbocycles. The molecule has 0 atom stereocenters. The van der Waals surface area contributed by atoms with E-state index < -0.39 is 12.3 Å². The summed E-state index contributed by atoms with van der Waals surface area (Å²) in [5.74, 6) is 0.726. The zero-order valence-electron chi connectivity index (χ0n) is 18.4. The van der Waals surface area contributed by atoms with E-state index in [1.807, 2.05) is 36.9 Å². The van der Waals surface area contributed by atoms with Crippen molar-refractivity contribution in [2.75, 3.05) is 6.67 Å². The highest BCUT2D eigenvalue weighted by atomic mass is 19.1. The lowest BCUT2D eigenvalue weighted by Crippen LogP contribution is -2.31. The Hall–Kier alpha value is -3.03. The molecule has 0 radical (unpaired) electrons. The van der Waals surface area contributed by atoms with Gasteiger partial charge < -0.3 is 9.09 Å². The third-order valence-corrected chi connectivity index (χ3v) is 6.50. The van der Waals surface area contributed by atoms with Crippen LogP contribution in [-0.2, 0) is 13.1 Å². The first-order valence-corrected chi connectivity index (χ1v) is 11.2. The van der Waals surface area contributed by atoms with Gasteiger partial charge in [0.2, 0.25) is 0 Å². The fraction of sp³-hybridized carbons (Fsp3) is 0.458. The molecule has 1 fully saturated rings. The Morgan fingerprint density at radius 1 is 1.09 bits per heavy atom. The Labute approximate surface area is 185 Å². The number of fused-ring (bicyclic) bond motifs is 1. The number of rotatable bonds is 6. The van der Waals surface area contributed by atoms with Crippen LogP contribution in [0.15, 0.2) is 35.4 Å². The van der Waals surface area contributed by atoms with E-state index in [4.69, 9.17) is 9.51 Å². The minimum atomic E-state index is -1.22. The third kappa shape index (κ3) is 3.72. The van der Waals surface area contributed by atoms with Crippen LogP contribution in [0.3, 0.4) is 0 Å². The maximum atomic E-state index is 15.7. The van der Waals surface area contributed by atoms with Crippen LogP contribution in [0.1, 0.15) is 43.6 Å². The topological polar surface area (TPSA) is 61.7 Å². The standard InChI is InChI=1S/C24H27F2N5O/c1-16-22(17(2)32-29-16)18-10-21-23(27-11-18)20(19-12-28-31(13-19)9-8-25)14-30(21)15-24(26)6-4-3-5-7-24/h10-14H,3-9,15H2,1-2H3. The lowest BCUT2D eigenvalue weighted by Gasteiger charge is -2.30. The molecule has 0 spiro atoms. The van der Waals surface area contributed by atoms with Crippen molar-refractivity contribution >= 4 is 11.0 Å². The number of aromatic nitrogens is 5. The smallest absolute Gasteiger partial charge is 0.141 e. The highest BCUT2D eigenvalue weighted by Crippen LogP contribution is 2.38. The Bertz CT molecular complexity index is 1230. The summed E-state index contributed by atoms with van der Waals surface area (Å²) in [6, 6.07) is 2.04. The molecular weight excluding hydrogens is 412 g/mol. The number of hydrogen-bond acceptors (Lipinski definition) is 4. The summed E-state index contributed by atoms with van der Waals surface area (Å²) in [4.78, 5) is 4.76. The fourth-order valence-corrected chi connectivity index (χ4v) is 4.90. The highest BCUT2D eigenvalue weighted by Gasteiger charge is 2.33. The molecule has 4 aromatic rings. The third-order valence-electron chi connectivity index (χ3n) is 6.50. The molecule has 0 unspecified atom stereocenters. The van der Waals surface area contributed by atoms with Gasteiger partial charge in [-0.2, -0.15) is 5.10 Å². The van der Waals surface area contributed by atoms with Gasteiger partial charge in [-0.15, -0.1) is 0 Å². The van der Waals surface area contributed by atoms with Gasteiger partial charge in [-0.1, -0.05) is 24.4 Å². The quantitative estimate of drug-likeness (QED) is 0.380. The molecule has 5 rings (SSSR count). The van der Waals surface area contributed by atoms with E-state index in [0.29, 0.717) is 12.8 Å². The largest absolute Gasteiger partial charge is 0.361 e. The van der Waals surface area contributed by atoms with Gasteiger partial charge in [0.1, 0.15) is 18.1 Å². The first kappa shape index (κ1) is 20.8. The lowest BCUT2D eigenvalue weighted by molar-refractivity contribution is 0.0873. The van der Waals surface area contributed by atoms with Crippen LogP contribution in [-0.4, -0.2) is 36.8 Å². The molecule has 0 aromatic carbocycles. The van der Waals surface area contributed by atoms with Crippen LogP contribution in [0.5, 0.6) is 0 Å². The molecule has 0 saturated heterocycles. The van der Waals surface area contributed by atoms with E-state index >= 15 is 4.39 Å². The van der Waals surface area contributed by atoms with Crippen molar-refractivity contribution in [3.05, 3.63) is 42.3 Å².